The zero-order valence-electron chi connectivity index (χ0n) is 23.4. The average Bonchev–Trinajstić information content (AvgIpc) is 3.38. The summed E-state index contributed by atoms with van der Waals surface area (Å²) in [5.74, 6) is -0.670. The van der Waals surface area contributed by atoms with E-state index in [0.29, 0.717) is 50.3 Å². The summed E-state index contributed by atoms with van der Waals surface area (Å²) in [6.07, 6.45) is 2.27. The molecule has 0 saturated carbocycles. The number of halogens is 1. The molecule has 1 aromatic heterocycles. The first kappa shape index (κ1) is 29.0. The standard InChI is InChI=1S/C32H26FN5O4S/c1-36-32(39)30-26-15-25(21-6-7-22(18-35)27(14-21)37-24-12-4-19(17-34)5-13-24)28(38(2)43(3,40)41)16-29(26)42-31(30)20-8-10-23(33)11-9-20/h4-16,18,35,37H,1-3H3,(H,36,39). The lowest BCUT2D eigenvalue weighted by atomic mass is 9.97. The molecule has 0 unspecified atom stereocenters. The fraction of sp³-hybridized carbons (Fsp3) is 0.0938. The molecule has 0 aliphatic heterocycles. The van der Waals surface area contributed by atoms with Crippen molar-refractivity contribution in [3.8, 4) is 28.5 Å². The van der Waals surface area contributed by atoms with Crippen LogP contribution in [0.3, 0.4) is 0 Å². The van der Waals surface area contributed by atoms with Crippen molar-refractivity contribution >= 4 is 50.2 Å². The van der Waals surface area contributed by atoms with Crippen molar-refractivity contribution in [3.63, 3.8) is 0 Å². The highest BCUT2D eigenvalue weighted by atomic mass is 32.2. The molecule has 216 valence electrons. The number of anilines is 3. The Bertz CT molecular complexity index is 2030. The first-order chi connectivity index (χ1) is 20.5. The lowest BCUT2D eigenvalue weighted by Crippen LogP contribution is -2.25. The Morgan fingerprint density at radius 1 is 1.02 bits per heavy atom. The maximum absolute atomic E-state index is 13.7. The van der Waals surface area contributed by atoms with E-state index in [-0.39, 0.29) is 16.9 Å². The van der Waals surface area contributed by atoms with E-state index >= 15 is 0 Å². The molecule has 0 bridgehead atoms. The van der Waals surface area contributed by atoms with Crippen LogP contribution in [0.25, 0.3) is 33.4 Å². The molecule has 0 radical (unpaired) electrons. The van der Waals surface area contributed by atoms with Gasteiger partial charge in [-0.05, 0) is 66.2 Å². The van der Waals surface area contributed by atoms with Crippen LogP contribution < -0.4 is 14.9 Å². The topological polar surface area (TPSA) is 139 Å². The third kappa shape index (κ3) is 5.68. The van der Waals surface area contributed by atoms with E-state index in [9.17, 15) is 17.6 Å². The van der Waals surface area contributed by atoms with Gasteiger partial charge in [0.25, 0.3) is 5.91 Å². The Balaban J connectivity index is 1.76. The number of rotatable bonds is 8. The zero-order chi connectivity index (χ0) is 30.9. The van der Waals surface area contributed by atoms with Gasteiger partial charge in [-0.15, -0.1) is 0 Å². The minimum atomic E-state index is -3.72. The highest BCUT2D eigenvalue weighted by Crippen LogP contribution is 2.42. The number of nitrogens with zero attached hydrogens (tertiary/aromatic N) is 2. The number of hydrogen-bond donors (Lipinski definition) is 3. The Morgan fingerprint density at radius 2 is 1.70 bits per heavy atom. The number of fused-ring (bicyclic) bond motifs is 1. The van der Waals surface area contributed by atoms with Gasteiger partial charge in [0.15, 0.2) is 0 Å². The van der Waals surface area contributed by atoms with E-state index < -0.39 is 21.7 Å². The fourth-order valence-electron chi connectivity index (χ4n) is 4.70. The molecule has 11 heteroatoms. The minimum Gasteiger partial charge on any atom is -0.455 e. The van der Waals surface area contributed by atoms with Crippen LogP contribution in [0.15, 0.2) is 83.3 Å². The Kier molecular flexibility index (Phi) is 7.72. The van der Waals surface area contributed by atoms with Crippen LogP contribution >= 0.6 is 0 Å². The van der Waals surface area contributed by atoms with E-state index in [0.717, 1.165) is 10.6 Å². The van der Waals surface area contributed by atoms with Crippen molar-refractivity contribution in [1.82, 2.24) is 5.32 Å². The molecule has 0 saturated heterocycles. The predicted octanol–water partition coefficient (Wildman–Crippen LogP) is 6.27. The van der Waals surface area contributed by atoms with Gasteiger partial charge >= 0.3 is 0 Å². The molecule has 9 nitrogen and oxygen atoms in total. The summed E-state index contributed by atoms with van der Waals surface area (Å²) in [7, 11) is -0.814. The molecule has 0 atom stereocenters. The first-order valence-corrected chi connectivity index (χ1v) is 14.8. The van der Waals surface area contributed by atoms with Gasteiger partial charge in [-0.3, -0.25) is 9.10 Å². The van der Waals surface area contributed by atoms with Crippen LogP contribution in [0, 0.1) is 22.6 Å². The smallest absolute Gasteiger partial charge is 0.255 e. The van der Waals surface area contributed by atoms with Crippen molar-refractivity contribution in [2.45, 2.75) is 0 Å². The Labute approximate surface area is 247 Å². The number of benzene rings is 4. The molecule has 0 spiro atoms. The van der Waals surface area contributed by atoms with Gasteiger partial charge in [-0.2, -0.15) is 5.26 Å². The average molecular weight is 596 g/mol. The summed E-state index contributed by atoms with van der Waals surface area (Å²) in [6.45, 7) is 0. The number of sulfonamides is 1. The van der Waals surface area contributed by atoms with Gasteiger partial charge in [0, 0.05) is 59.8 Å². The third-order valence-electron chi connectivity index (χ3n) is 7.02. The molecule has 3 N–H and O–H groups in total. The second-order valence-corrected chi connectivity index (χ2v) is 11.8. The van der Waals surface area contributed by atoms with Gasteiger partial charge in [-0.25, -0.2) is 12.8 Å². The van der Waals surface area contributed by atoms with Gasteiger partial charge in [-0.1, -0.05) is 12.1 Å². The molecular formula is C32H26FN5O4S. The molecule has 4 aromatic carbocycles. The maximum atomic E-state index is 13.7. The van der Waals surface area contributed by atoms with E-state index in [1.54, 1.807) is 54.6 Å². The Hall–Kier alpha value is -5.47. The van der Waals surface area contributed by atoms with Crippen LogP contribution in [-0.4, -0.2) is 40.9 Å². The summed E-state index contributed by atoms with van der Waals surface area (Å²) >= 11 is 0. The van der Waals surface area contributed by atoms with Gasteiger partial charge in [0.2, 0.25) is 10.0 Å². The van der Waals surface area contributed by atoms with Crippen molar-refractivity contribution in [2.75, 3.05) is 30.0 Å². The van der Waals surface area contributed by atoms with Crippen molar-refractivity contribution in [1.29, 1.82) is 10.7 Å². The number of carbonyl (C=O) groups excluding carboxylic acids is 1. The largest absolute Gasteiger partial charge is 0.455 e. The highest BCUT2D eigenvalue weighted by Gasteiger charge is 2.26. The number of amides is 1. The van der Waals surface area contributed by atoms with Crippen LogP contribution in [0.1, 0.15) is 21.5 Å². The summed E-state index contributed by atoms with van der Waals surface area (Å²) < 4.78 is 46.4. The van der Waals surface area contributed by atoms with E-state index in [1.807, 2.05) is 0 Å². The van der Waals surface area contributed by atoms with Gasteiger partial charge in [0.05, 0.1) is 29.1 Å². The maximum Gasteiger partial charge on any atom is 0.255 e. The number of furan rings is 1. The predicted molar refractivity (Wildman–Crippen MR) is 166 cm³/mol. The normalized spacial score (nSPS) is 11.1. The summed E-state index contributed by atoms with van der Waals surface area (Å²) in [5, 5.41) is 23.3. The molecule has 0 aliphatic rings. The minimum absolute atomic E-state index is 0.210. The SMILES string of the molecule is CNC(=O)c1c(-c2ccc(F)cc2)oc2cc(N(C)S(C)(=O)=O)c(-c3ccc(C=N)c(Nc4ccc(C#N)cc4)c3)cc12. The van der Waals surface area contributed by atoms with Crippen molar-refractivity contribution < 1.29 is 22.0 Å². The van der Waals surface area contributed by atoms with Crippen molar-refractivity contribution in [2.24, 2.45) is 0 Å². The summed E-state index contributed by atoms with van der Waals surface area (Å²) in [6, 6.07) is 22.9. The molecule has 5 aromatic rings. The van der Waals surface area contributed by atoms with Crippen LogP contribution in [0.2, 0.25) is 0 Å². The van der Waals surface area contributed by atoms with Crippen LogP contribution in [0.4, 0.5) is 21.5 Å². The first-order valence-electron chi connectivity index (χ1n) is 13.0. The summed E-state index contributed by atoms with van der Waals surface area (Å²) in [4.78, 5) is 13.2. The van der Waals surface area contributed by atoms with E-state index in [2.05, 4.69) is 16.7 Å². The molecule has 1 heterocycles. The summed E-state index contributed by atoms with van der Waals surface area (Å²) in [5.41, 5.74) is 4.65. The van der Waals surface area contributed by atoms with Crippen LogP contribution in [-0.2, 0) is 10.0 Å². The second-order valence-electron chi connectivity index (χ2n) is 9.75. The molecule has 5 rings (SSSR count). The quantitative estimate of drug-likeness (QED) is 0.181. The fourth-order valence-corrected chi connectivity index (χ4v) is 5.21. The number of nitrogens with one attached hydrogen (secondary N) is 3. The van der Waals surface area contributed by atoms with Crippen LogP contribution in [0.5, 0.6) is 0 Å². The van der Waals surface area contributed by atoms with Crippen molar-refractivity contribution in [3.05, 3.63) is 101 Å². The van der Waals surface area contributed by atoms with Gasteiger partial charge < -0.3 is 20.5 Å². The molecule has 43 heavy (non-hydrogen) atoms. The highest BCUT2D eigenvalue weighted by molar-refractivity contribution is 7.92. The molecular weight excluding hydrogens is 569 g/mol. The lowest BCUT2D eigenvalue weighted by Gasteiger charge is -2.21. The molecule has 0 aliphatic carbocycles. The molecule has 0 fully saturated rings. The number of hydrogen-bond acceptors (Lipinski definition) is 7. The zero-order valence-corrected chi connectivity index (χ0v) is 24.2. The number of nitriles is 1. The van der Waals surface area contributed by atoms with E-state index in [4.69, 9.17) is 15.1 Å². The lowest BCUT2D eigenvalue weighted by molar-refractivity contribution is 0.0964. The number of carbonyl (C=O) groups is 1. The molecule has 1 amide bonds. The second kappa shape index (κ2) is 11.4. The van der Waals surface area contributed by atoms with Gasteiger partial charge in [0.1, 0.15) is 17.2 Å². The monoisotopic (exact) mass is 595 g/mol. The third-order valence-corrected chi connectivity index (χ3v) is 8.21. The Morgan fingerprint density at radius 3 is 2.30 bits per heavy atom. The van der Waals surface area contributed by atoms with E-state index in [1.165, 1.54) is 44.6 Å².